The van der Waals surface area contributed by atoms with Gasteiger partial charge in [0.2, 0.25) is 15.9 Å². The normalized spacial score (nSPS) is 12.6. The predicted molar refractivity (Wildman–Crippen MR) is 95.8 cm³/mol. The Morgan fingerprint density at radius 3 is 2.44 bits per heavy atom. The summed E-state index contributed by atoms with van der Waals surface area (Å²) in [5, 5.41) is 0. The molecule has 0 spiro atoms. The number of carbonyl (C=O) groups excluding carboxylic acids is 1. The minimum absolute atomic E-state index is 0.0627. The zero-order valence-corrected chi connectivity index (χ0v) is 15.0. The highest BCUT2D eigenvalue weighted by atomic mass is 32.2. The van der Waals surface area contributed by atoms with E-state index in [9.17, 15) is 13.2 Å². The Balaban J connectivity index is 2.22. The SMILES string of the molecule is CCOc1ccc(S(=O)(=O)NC(Cc2ccccc2)C(N)=O)cc1C. The monoisotopic (exact) mass is 362 g/mol. The van der Waals surface area contributed by atoms with Crippen molar-refractivity contribution in [1.29, 1.82) is 0 Å². The van der Waals surface area contributed by atoms with E-state index in [1.807, 2.05) is 37.3 Å². The van der Waals surface area contributed by atoms with Crippen LogP contribution >= 0.6 is 0 Å². The first-order valence-electron chi connectivity index (χ1n) is 7.92. The highest BCUT2D eigenvalue weighted by Gasteiger charge is 2.24. The zero-order chi connectivity index (χ0) is 18.4. The van der Waals surface area contributed by atoms with Crippen molar-refractivity contribution in [3.8, 4) is 5.75 Å². The first-order chi connectivity index (χ1) is 11.8. The van der Waals surface area contributed by atoms with Crippen LogP contribution in [0.3, 0.4) is 0 Å². The van der Waals surface area contributed by atoms with E-state index in [1.165, 1.54) is 12.1 Å². The summed E-state index contributed by atoms with van der Waals surface area (Å²) in [4.78, 5) is 11.8. The molecule has 0 fully saturated rings. The molecule has 134 valence electrons. The van der Waals surface area contributed by atoms with Crippen LogP contribution in [0.4, 0.5) is 0 Å². The van der Waals surface area contributed by atoms with Crippen molar-refractivity contribution in [2.45, 2.75) is 31.2 Å². The molecule has 3 N–H and O–H groups in total. The lowest BCUT2D eigenvalue weighted by atomic mass is 10.1. The summed E-state index contributed by atoms with van der Waals surface area (Å²) in [5.41, 5.74) is 6.89. The number of rotatable bonds is 8. The molecule has 0 saturated carbocycles. The number of carbonyl (C=O) groups is 1. The van der Waals surface area contributed by atoms with E-state index in [-0.39, 0.29) is 11.3 Å². The van der Waals surface area contributed by atoms with E-state index in [0.717, 1.165) is 5.56 Å². The number of hydrogen-bond donors (Lipinski definition) is 2. The molecule has 0 aliphatic carbocycles. The molecule has 1 atom stereocenters. The van der Waals surface area contributed by atoms with Gasteiger partial charge >= 0.3 is 0 Å². The maximum absolute atomic E-state index is 12.6. The summed E-state index contributed by atoms with van der Waals surface area (Å²) >= 11 is 0. The van der Waals surface area contributed by atoms with E-state index in [1.54, 1.807) is 13.0 Å². The molecule has 2 aromatic carbocycles. The predicted octanol–water partition coefficient (Wildman–Crippen LogP) is 1.77. The van der Waals surface area contributed by atoms with Gasteiger partial charge in [-0.05, 0) is 49.6 Å². The summed E-state index contributed by atoms with van der Waals surface area (Å²) in [6, 6.07) is 12.6. The number of aryl methyl sites for hydroxylation is 1. The van der Waals surface area contributed by atoms with Crippen molar-refractivity contribution in [2.75, 3.05) is 6.61 Å². The van der Waals surface area contributed by atoms with Crippen LogP contribution in [0.15, 0.2) is 53.4 Å². The molecule has 6 nitrogen and oxygen atoms in total. The minimum atomic E-state index is -3.89. The van der Waals surface area contributed by atoms with Crippen molar-refractivity contribution in [3.63, 3.8) is 0 Å². The summed E-state index contributed by atoms with van der Waals surface area (Å²) in [6.07, 6.45) is 0.186. The van der Waals surface area contributed by atoms with Gasteiger partial charge in [0, 0.05) is 0 Å². The van der Waals surface area contributed by atoms with Crippen molar-refractivity contribution < 1.29 is 17.9 Å². The number of hydrogen-bond acceptors (Lipinski definition) is 4. The number of ether oxygens (including phenoxy) is 1. The van der Waals surface area contributed by atoms with E-state index < -0.39 is 22.0 Å². The number of amides is 1. The third kappa shape index (κ3) is 5.04. The van der Waals surface area contributed by atoms with E-state index in [2.05, 4.69) is 4.72 Å². The van der Waals surface area contributed by atoms with Crippen LogP contribution in [-0.4, -0.2) is 27.0 Å². The molecule has 25 heavy (non-hydrogen) atoms. The fourth-order valence-electron chi connectivity index (χ4n) is 2.41. The lowest BCUT2D eigenvalue weighted by molar-refractivity contribution is -0.119. The van der Waals surface area contributed by atoms with Gasteiger partial charge in [-0.15, -0.1) is 0 Å². The first kappa shape index (κ1) is 19.0. The van der Waals surface area contributed by atoms with E-state index in [0.29, 0.717) is 17.9 Å². The van der Waals surface area contributed by atoms with Crippen molar-refractivity contribution >= 4 is 15.9 Å². The fraction of sp³-hybridized carbons (Fsp3) is 0.278. The Morgan fingerprint density at radius 1 is 1.20 bits per heavy atom. The molecule has 0 aliphatic heterocycles. The van der Waals surface area contributed by atoms with E-state index in [4.69, 9.17) is 10.5 Å². The van der Waals surface area contributed by atoms with Gasteiger partial charge in [-0.25, -0.2) is 8.42 Å². The zero-order valence-electron chi connectivity index (χ0n) is 14.2. The van der Waals surface area contributed by atoms with Gasteiger partial charge in [-0.1, -0.05) is 30.3 Å². The largest absolute Gasteiger partial charge is 0.494 e. The molecule has 0 aliphatic rings. The van der Waals surface area contributed by atoms with Crippen molar-refractivity contribution in [3.05, 3.63) is 59.7 Å². The van der Waals surface area contributed by atoms with Gasteiger partial charge < -0.3 is 10.5 Å². The Labute approximate surface area is 148 Å². The molecular formula is C18H22N2O4S. The summed E-state index contributed by atoms with van der Waals surface area (Å²) in [5.74, 6) is -0.104. The third-order valence-corrected chi connectivity index (χ3v) is 5.15. The molecule has 0 radical (unpaired) electrons. The third-order valence-electron chi connectivity index (χ3n) is 3.68. The lowest BCUT2D eigenvalue weighted by Gasteiger charge is -2.16. The average molecular weight is 362 g/mol. The van der Waals surface area contributed by atoms with Gasteiger partial charge in [0.15, 0.2) is 0 Å². The molecule has 2 rings (SSSR count). The second-order valence-corrected chi connectivity index (χ2v) is 7.34. The molecule has 1 amide bonds. The van der Waals surface area contributed by atoms with Crippen molar-refractivity contribution in [1.82, 2.24) is 4.72 Å². The molecule has 0 aromatic heterocycles. The highest BCUT2D eigenvalue weighted by Crippen LogP contribution is 2.22. The van der Waals surface area contributed by atoms with Crippen LogP contribution in [0.2, 0.25) is 0 Å². The summed E-state index contributed by atoms with van der Waals surface area (Å²) in [7, 11) is -3.89. The summed E-state index contributed by atoms with van der Waals surface area (Å²) in [6.45, 7) is 4.11. The first-order valence-corrected chi connectivity index (χ1v) is 9.41. The van der Waals surface area contributed by atoms with Crippen LogP contribution in [-0.2, 0) is 21.2 Å². The van der Waals surface area contributed by atoms with Gasteiger partial charge in [-0.2, -0.15) is 4.72 Å². The van der Waals surface area contributed by atoms with E-state index >= 15 is 0 Å². The van der Waals surface area contributed by atoms with Crippen LogP contribution in [0, 0.1) is 6.92 Å². The number of nitrogens with one attached hydrogen (secondary N) is 1. The Morgan fingerprint density at radius 2 is 1.88 bits per heavy atom. The molecule has 7 heteroatoms. The van der Waals surface area contributed by atoms with Crippen LogP contribution in [0.1, 0.15) is 18.1 Å². The number of primary amides is 1. The topological polar surface area (TPSA) is 98.5 Å². The molecule has 0 bridgehead atoms. The van der Waals surface area contributed by atoms with Gasteiger partial charge in [0.1, 0.15) is 11.8 Å². The molecule has 1 unspecified atom stereocenters. The maximum Gasteiger partial charge on any atom is 0.241 e. The Bertz CT molecular complexity index is 835. The Hall–Kier alpha value is -2.38. The van der Waals surface area contributed by atoms with Crippen molar-refractivity contribution in [2.24, 2.45) is 5.73 Å². The van der Waals surface area contributed by atoms with Crippen LogP contribution in [0.25, 0.3) is 0 Å². The molecule has 2 aromatic rings. The lowest BCUT2D eigenvalue weighted by Crippen LogP contribution is -2.45. The average Bonchev–Trinajstić information content (AvgIpc) is 2.57. The number of benzene rings is 2. The second kappa shape index (κ2) is 8.13. The van der Waals surface area contributed by atoms with Gasteiger partial charge in [0.25, 0.3) is 0 Å². The number of sulfonamides is 1. The minimum Gasteiger partial charge on any atom is -0.494 e. The standard InChI is InChI=1S/C18H22N2O4S/c1-3-24-17-10-9-15(11-13(17)2)25(22,23)20-16(18(19)21)12-14-7-5-4-6-8-14/h4-11,16,20H,3,12H2,1-2H3,(H2,19,21). The smallest absolute Gasteiger partial charge is 0.241 e. The van der Waals surface area contributed by atoms with Gasteiger partial charge in [-0.3, -0.25) is 4.79 Å². The highest BCUT2D eigenvalue weighted by molar-refractivity contribution is 7.89. The second-order valence-electron chi connectivity index (χ2n) is 5.63. The quantitative estimate of drug-likeness (QED) is 0.748. The maximum atomic E-state index is 12.6. The fourth-order valence-corrected chi connectivity index (χ4v) is 3.70. The van der Waals surface area contributed by atoms with Gasteiger partial charge in [0.05, 0.1) is 11.5 Å². The number of nitrogens with two attached hydrogens (primary N) is 1. The molecular weight excluding hydrogens is 340 g/mol. The van der Waals surface area contributed by atoms with Crippen LogP contribution in [0.5, 0.6) is 5.75 Å². The Kier molecular flexibility index (Phi) is 6.17. The molecule has 0 saturated heterocycles. The molecule has 0 heterocycles. The van der Waals surface area contributed by atoms with Crippen LogP contribution < -0.4 is 15.2 Å². The summed E-state index contributed by atoms with van der Waals surface area (Å²) < 4.78 is 33.0.